The third-order valence-corrected chi connectivity index (χ3v) is 4.85. The number of rotatable bonds is 4. The Morgan fingerprint density at radius 3 is 2.67 bits per heavy atom. The number of carbonyl (C=O) groups excluding carboxylic acids is 2. The molecule has 162 valence electrons. The zero-order valence-corrected chi connectivity index (χ0v) is 18.2. The average Bonchev–Trinajstić information content (AvgIpc) is 2.68. The number of hydrogen-bond donors (Lipinski definition) is 2. The summed E-state index contributed by atoms with van der Waals surface area (Å²) >= 11 is 6.29. The summed E-state index contributed by atoms with van der Waals surface area (Å²) in [5.74, 6) is 0.329. The molecule has 9 heteroatoms. The van der Waals surface area contributed by atoms with Crippen molar-refractivity contribution in [3.63, 3.8) is 0 Å². The fourth-order valence-corrected chi connectivity index (χ4v) is 3.35. The topological polar surface area (TPSA) is 98.8 Å². The van der Waals surface area contributed by atoms with Crippen molar-refractivity contribution in [2.24, 2.45) is 0 Å². The molecule has 2 heterocycles. The lowest BCUT2D eigenvalue weighted by atomic mass is 10.0. The van der Waals surface area contributed by atoms with Gasteiger partial charge in [0.1, 0.15) is 17.5 Å². The van der Waals surface area contributed by atoms with Crippen LogP contribution in [0.3, 0.4) is 0 Å². The Bertz CT molecular complexity index is 936. The summed E-state index contributed by atoms with van der Waals surface area (Å²) in [6, 6.07) is 5.14. The van der Waals surface area contributed by atoms with E-state index in [1.54, 1.807) is 46.1 Å². The van der Waals surface area contributed by atoms with Crippen LogP contribution in [0.4, 0.5) is 10.5 Å². The first-order chi connectivity index (χ1) is 14.2. The fourth-order valence-electron chi connectivity index (χ4n) is 3.15. The van der Waals surface area contributed by atoms with Crippen LogP contribution in [-0.2, 0) is 14.3 Å². The molecule has 2 aromatic rings. The molecule has 0 saturated carbocycles. The van der Waals surface area contributed by atoms with Gasteiger partial charge in [-0.15, -0.1) is 0 Å². The number of pyridine rings is 1. The number of aromatic nitrogens is 1. The van der Waals surface area contributed by atoms with Crippen molar-refractivity contribution in [1.82, 2.24) is 10.3 Å². The minimum Gasteiger partial charge on any atom is -0.497 e. The van der Waals surface area contributed by atoms with Crippen LogP contribution in [0.25, 0.3) is 10.9 Å². The molecule has 0 radical (unpaired) electrons. The predicted molar refractivity (Wildman–Crippen MR) is 114 cm³/mol. The van der Waals surface area contributed by atoms with Crippen molar-refractivity contribution in [3.8, 4) is 5.75 Å². The van der Waals surface area contributed by atoms with E-state index < -0.39 is 17.8 Å². The summed E-state index contributed by atoms with van der Waals surface area (Å²) in [5, 5.41) is 6.63. The molecule has 1 aliphatic heterocycles. The smallest absolute Gasteiger partial charge is 0.407 e. The number of amides is 2. The van der Waals surface area contributed by atoms with Gasteiger partial charge in [0.15, 0.2) is 0 Å². The molecule has 0 unspecified atom stereocenters. The van der Waals surface area contributed by atoms with Crippen molar-refractivity contribution in [1.29, 1.82) is 0 Å². The van der Waals surface area contributed by atoms with Crippen LogP contribution in [0, 0.1) is 0 Å². The first-order valence-corrected chi connectivity index (χ1v) is 10.1. The molecule has 2 amide bonds. The first-order valence-electron chi connectivity index (χ1n) is 9.70. The SMILES string of the molecule is COc1ccc2ncc(Cl)c(NC(=O)[C@@H]3CC[C@@H](NC(=O)OC(C)(C)C)CO3)c2c1. The molecule has 0 spiro atoms. The molecule has 1 aliphatic rings. The predicted octanol–water partition coefficient (Wildman–Crippen LogP) is 3.91. The average molecular weight is 436 g/mol. The molecule has 2 N–H and O–H groups in total. The van der Waals surface area contributed by atoms with Gasteiger partial charge in [-0.05, 0) is 51.8 Å². The van der Waals surface area contributed by atoms with Gasteiger partial charge < -0.3 is 24.8 Å². The number of ether oxygens (including phenoxy) is 3. The Morgan fingerprint density at radius 1 is 1.27 bits per heavy atom. The van der Waals surface area contributed by atoms with Crippen molar-refractivity contribution >= 4 is 40.2 Å². The van der Waals surface area contributed by atoms with Gasteiger partial charge in [-0.3, -0.25) is 9.78 Å². The Kier molecular flexibility index (Phi) is 6.67. The van der Waals surface area contributed by atoms with Crippen LogP contribution in [-0.4, -0.2) is 48.4 Å². The third-order valence-electron chi connectivity index (χ3n) is 4.57. The molecule has 0 bridgehead atoms. The van der Waals surface area contributed by atoms with Crippen molar-refractivity contribution < 1.29 is 23.8 Å². The molecule has 3 rings (SSSR count). The van der Waals surface area contributed by atoms with E-state index in [0.717, 1.165) is 0 Å². The molecule has 2 atom stereocenters. The lowest BCUT2D eigenvalue weighted by Crippen LogP contribution is -2.47. The number of fused-ring (bicyclic) bond motifs is 1. The van der Waals surface area contributed by atoms with Gasteiger partial charge in [0, 0.05) is 11.6 Å². The summed E-state index contributed by atoms with van der Waals surface area (Å²) in [6.07, 6.45) is 1.40. The van der Waals surface area contributed by atoms with Crippen LogP contribution < -0.4 is 15.4 Å². The molecule has 8 nitrogen and oxygen atoms in total. The number of benzene rings is 1. The highest BCUT2D eigenvalue weighted by Crippen LogP contribution is 2.32. The van der Waals surface area contributed by atoms with E-state index in [0.29, 0.717) is 40.2 Å². The first kappa shape index (κ1) is 22.1. The molecular weight excluding hydrogens is 410 g/mol. The molecule has 0 aliphatic carbocycles. The zero-order valence-electron chi connectivity index (χ0n) is 17.5. The van der Waals surface area contributed by atoms with Crippen LogP contribution in [0.2, 0.25) is 5.02 Å². The van der Waals surface area contributed by atoms with Gasteiger partial charge in [-0.2, -0.15) is 0 Å². The molecule has 1 aromatic heterocycles. The van der Waals surface area contributed by atoms with Gasteiger partial charge in [0.05, 0.1) is 36.0 Å². The largest absolute Gasteiger partial charge is 0.497 e. The van der Waals surface area contributed by atoms with Gasteiger partial charge >= 0.3 is 6.09 Å². The van der Waals surface area contributed by atoms with E-state index >= 15 is 0 Å². The highest BCUT2D eigenvalue weighted by Gasteiger charge is 2.29. The number of nitrogens with one attached hydrogen (secondary N) is 2. The lowest BCUT2D eigenvalue weighted by Gasteiger charge is -2.30. The van der Waals surface area contributed by atoms with Crippen LogP contribution in [0.5, 0.6) is 5.75 Å². The maximum absolute atomic E-state index is 12.8. The molecular formula is C21H26ClN3O5. The Labute approximate surface area is 180 Å². The van der Waals surface area contributed by atoms with Crippen molar-refractivity contribution in [2.45, 2.75) is 51.4 Å². The second-order valence-electron chi connectivity index (χ2n) is 8.10. The van der Waals surface area contributed by atoms with E-state index in [4.69, 9.17) is 25.8 Å². The van der Waals surface area contributed by atoms with Crippen molar-refractivity contribution in [2.75, 3.05) is 19.0 Å². The van der Waals surface area contributed by atoms with E-state index in [2.05, 4.69) is 15.6 Å². The highest BCUT2D eigenvalue weighted by atomic mass is 35.5. The van der Waals surface area contributed by atoms with Gasteiger partial charge in [-0.25, -0.2) is 4.79 Å². The van der Waals surface area contributed by atoms with Crippen LogP contribution >= 0.6 is 11.6 Å². The van der Waals surface area contributed by atoms with Gasteiger partial charge in [0.2, 0.25) is 0 Å². The number of anilines is 1. The Morgan fingerprint density at radius 2 is 2.03 bits per heavy atom. The standard InChI is InChI=1S/C21H26ClN3O5/c1-21(2,3)30-20(27)24-12-5-8-17(29-11-12)19(26)25-18-14-9-13(28-4)6-7-16(14)23-10-15(18)22/h6-7,9-10,12,17H,5,8,11H2,1-4H3,(H,24,27)(H,23,25,26)/t12-,17+/m1/s1. The second kappa shape index (κ2) is 9.06. The number of hydrogen-bond acceptors (Lipinski definition) is 6. The minimum absolute atomic E-state index is 0.210. The molecule has 1 aromatic carbocycles. The normalized spacial score (nSPS) is 19.2. The van der Waals surface area contributed by atoms with Crippen molar-refractivity contribution in [3.05, 3.63) is 29.4 Å². The van der Waals surface area contributed by atoms with E-state index in [1.165, 1.54) is 6.20 Å². The van der Waals surface area contributed by atoms with Gasteiger partial charge in [-0.1, -0.05) is 11.6 Å². The molecule has 30 heavy (non-hydrogen) atoms. The van der Waals surface area contributed by atoms with E-state index in [1.807, 2.05) is 0 Å². The number of carbonyl (C=O) groups is 2. The summed E-state index contributed by atoms with van der Waals surface area (Å²) in [4.78, 5) is 29.0. The van der Waals surface area contributed by atoms with E-state index in [-0.39, 0.29) is 18.6 Å². The summed E-state index contributed by atoms with van der Waals surface area (Å²) < 4.78 is 16.2. The second-order valence-corrected chi connectivity index (χ2v) is 8.50. The maximum atomic E-state index is 12.8. The maximum Gasteiger partial charge on any atom is 0.407 e. The molecule has 1 fully saturated rings. The molecule has 1 saturated heterocycles. The Hall–Kier alpha value is -2.58. The summed E-state index contributed by atoms with van der Waals surface area (Å²) in [6.45, 7) is 5.62. The van der Waals surface area contributed by atoms with Crippen LogP contribution in [0.15, 0.2) is 24.4 Å². The number of halogens is 1. The highest BCUT2D eigenvalue weighted by molar-refractivity contribution is 6.35. The number of alkyl carbamates (subject to hydrolysis) is 1. The summed E-state index contributed by atoms with van der Waals surface area (Å²) in [5.41, 5.74) is 0.571. The summed E-state index contributed by atoms with van der Waals surface area (Å²) in [7, 11) is 1.56. The van der Waals surface area contributed by atoms with Crippen LogP contribution in [0.1, 0.15) is 33.6 Å². The van der Waals surface area contributed by atoms with E-state index in [9.17, 15) is 9.59 Å². The minimum atomic E-state index is -0.647. The third kappa shape index (κ3) is 5.52. The quantitative estimate of drug-likeness (QED) is 0.755. The lowest BCUT2D eigenvalue weighted by molar-refractivity contribution is -0.130. The fraction of sp³-hybridized carbons (Fsp3) is 0.476. The number of nitrogens with zero attached hydrogens (tertiary/aromatic N) is 1. The zero-order chi connectivity index (χ0) is 21.9. The monoisotopic (exact) mass is 435 g/mol. The van der Waals surface area contributed by atoms with Gasteiger partial charge in [0.25, 0.3) is 5.91 Å². The number of methoxy groups -OCH3 is 1. The Balaban J connectivity index is 1.63.